The Hall–Kier alpha value is -1.99. The van der Waals surface area contributed by atoms with Gasteiger partial charge in [0.25, 0.3) is 0 Å². The van der Waals surface area contributed by atoms with Gasteiger partial charge in [-0.2, -0.15) is 5.10 Å². The number of thiazole rings is 1. The maximum atomic E-state index is 11.8. The summed E-state index contributed by atoms with van der Waals surface area (Å²) >= 11 is 3.00. The number of hydrogen-bond donors (Lipinski definition) is 1. The van der Waals surface area contributed by atoms with Crippen molar-refractivity contribution in [1.82, 2.24) is 15.2 Å². The molecular formula is C14H13N3O2S2. The van der Waals surface area contributed by atoms with Gasteiger partial charge in [-0.15, -0.1) is 22.7 Å². The van der Waals surface area contributed by atoms with Gasteiger partial charge in [0.2, 0.25) is 0 Å². The number of ether oxygens (including phenoxy) is 1. The van der Waals surface area contributed by atoms with E-state index < -0.39 is 0 Å². The van der Waals surface area contributed by atoms with Crippen LogP contribution in [-0.4, -0.2) is 27.8 Å². The highest BCUT2D eigenvalue weighted by atomic mass is 32.1. The van der Waals surface area contributed by atoms with Gasteiger partial charge in [-0.3, -0.25) is 5.10 Å². The van der Waals surface area contributed by atoms with Crippen LogP contribution in [0.1, 0.15) is 22.3 Å². The van der Waals surface area contributed by atoms with Gasteiger partial charge in [0.05, 0.1) is 23.4 Å². The van der Waals surface area contributed by atoms with Crippen molar-refractivity contribution in [3.63, 3.8) is 0 Å². The zero-order chi connectivity index (χ0) is 14.8. The largest absolute Gasteiger partial charge is 0.462 e. The van der Waals surface area contributed by atoms with Crippen LogP contribution in [0, 0.1) is 6.92 Å². The topological polar surface area (TPSA) is 67.9 Å². The van der Waals surface area contributed by atoms with Gasteiger partial charge in [0.1, 0.15) is 9.88 Å². The van der Waals surface area contributed by atoms with Crippen LogP contribution < -0.4 is 0 Å². The Morgan fingerprint density at radius 1 is 1.33 bits per heavy atom. The van der Waals surface area contributed by atoms with Crippen LogP contribution in [0.25, 0.3) is 20.3 Å². The minimum atomic E-state index is -0.301. The molecule has 3 heterocycles. The summed E-state index contributed by atoms with van der Waals surface area (Å²) in [5.41, 5.74) is 1.76. The first-order valence-electron chi connectivity index (χ1n) is 6.43. The molecule has 3 aromatic heterocycles. The molecular weight excluding hydrogens is 306 g/mol. The number of carbonyl (C=O) groups excluding carboxylic acids is 1. The van der Waals surface area contributed by atoms with Crippen molar-refractivity contribution in [3.05, 3.63) is 35.1 Å². The molecule has 0 bridgehead atoms. The Bertz CT molecular complexity index is 759. The summed E-state index contributed by atoms with van der Waals surface area (Å²) in [7, 11) is 0. The Labute approximate surface area is 129 Å². The second-order valence-corrected chi connectivity index (χ2v) is 6.39. The molecule has 0 unspecified atom stereocenters. The number of carbonyl (C=O) groups is 1. The van der Waals surface area contributed by atoms with E-state index in [0.717, 1.165) is 20.3 Å². The van der Waals surface area contributed by atoms with Crippen LogP contribution in [-0.2, 0) is 4.74 Å². The summed E-state index contributed by atoms with van der Waals surface area (Å²) in [5, 5.41) is 7.59. The third-order valence-corrected chi connectivity index (χ3v) is 5.30. The summed E-state index contributed by atoms with van der Waals surface area (Å²) in [6, 6.07) is 4.05. The van der Waals surface area contributed by atoms with Crippen molar-refractivity contribution in [2.24, 2.45) is 0 Å². The lowest BCUT2D eigenvalue weighted by Crippen LogP contribution is -2.03. The molecule has 0 saturated carbocycles. The fourth-order valence-corrected chi connectivity index (χ4v) is 3.88. The van der Waals surface area contributed by atoms with E-state index >= 15 is 0 Å². The van der Waals surface area contributed by atoms with Crippen LogP contribution in [0.2, 0.25) is 0 Å². The molecule has 0 spiro atoms. The number of nitrogens with one attached hydrogen (secondary N) is 1. The predicted molar refractivity (Wildman–Crippen MR) is 83.7 cm³/mol. The number of H-pyrrole nitrogens is 1. The minimum Gasteiger partial charge on any atom is -0.462 e. The maximum Gasteiger partial charge on any atom is 0.350 e. The molecule has 21 heavy (non-hydrogen) atoms. The van der Waals surface area contributed by atoms with Crippen molar-refractivity contribution >= 4 is 28.6 Å². The fraction of sp³-hybridized carbons (Fsp3) is 0.214. The summed E-state index contributed by atoms with van der Waals surface area (Å²) in [4.78, 5) is 19.1. The van der Waals surface area contributed by atoms with Gasteiger partial charge < -0.3 is 4.74 Å². The first-order valence-corrected chi connectivity index (χ1v) is 8.06. The highest BCUT2D eigenvalue weighted by Crippen LogP contribution is 2.37. The number of nitrogens with zero attached hydrogens (tertiary/aromatic N) is 2. The summed E-state index contributed by atoms with van der Waals surface area (Å²) in [6.07, 6.45) is 3.64. The normalized spacial score (nSPS) is 10.8. The van der Waals surface area contributed by atoms with Crippen molar-refractivity contribution in [2.45, 2.75) is 13.8 Å². The van der Waals surface area contributed by atoms with Crippen molar-refractivity contribution in [2.75, 3.05) is 6.61 Å². The molecule has 1 N–H and O–H groups in total. The number of aromatic nitrogens is 3. The number of esters is 1. The van der Waals surface area contributed by atoms with Gasteiger partial charge in [-0.1, -0.05) is 0 Å². The smallest absolute Gasteiger partial charge is 0.350 e. The summed E-state index contributed by atoms with van der Waals surface area (Å²) in [6.45, 7) is 4.00. The van der Waals surface area contributed by atoms with E-state index in [4.69, 9.17) is 4.74 Å². The summed E-state index contributed by atoms with van der Waals surface area (Å²) in [5.74, 6) is -0.301. The zero-order valence-corrected chi connectivity index (χ0v) is 13.2. The van der Waals surface area contributed by atoms with Crippen LogP contribution >= 0.6 is 22.7 Å². The van der Waals surface area contributed by atoms with Gasteiger partial charge in [0, 0.05) is 16.6 Å². The van der Waals surface area contributed by atoms with Crippen molar-refractivity contribution < 1.29 is 9.53 Å². The molecule has 0 amide bonds. The second-order valence-electron chi connectivity index (χ2n) is 4.30. The van der Waals surface area contributed by atoms with E-state index in [1.165, 1.54) is 11.3 Å². The molecule has 108 valence electrons. The van der Waals surface area contributed by atoms with Crippen LogP contribution in [0.5, 0.6) is 0 Å². The fourth-order valence-electron chi connectivity index (χ4n) is 1.88. The molecule has 0 atom stereocenters. The van der Waals surface area contributed by atoms with Gasteiger partial charge in [0.15, 0.2) is 0 Å². The van der Waals surface area contributed by atoms with Crippen molar-refractivity contribution in [1.29, 1.82) is 0 Å². The molecule has 0 aromatic carbocycles. The first kappa shape index (κ1) is 14.0. The number of aromatic amines is 1. The molecule has 7 heteroatoms. The zero-order valence-electron chi connectivity index (χ0n) is 11.5. The molecule has 0 saturated heterocycles. The second kappa shape index (κ2) is 5.79. The Morgan fingerprint density at radius 2 is 2.14 bits per heavy atom. The van der Waals surface area contributed by atoms with E-state index in [9.17, 15) is 4.79 Å². The molecule has 0 aliphatic heterocycles. The van der Waals surface area contributed by atoms with E-state index in [0.29, 0.717) is 17.2 Å². The molecule has 0 aliphatic carbocycles. The first-order chi connectivity index (χ1) is 10.2. The minimum absolute atomic E-state index is 0.301. The Balaban J connectivity index is 1.91. The van der Waals surface area contributed by atoms with Crippen LogP contribution in [0.3, 0.4) is 0 Å². The molecule has 0 fully saturated rings. The molecule has 3 aromatic rings. The SMILES string of the molecule is CCOC(=O)c1sc(-c2ccc(-c3cn[nH]c3)s2)nc1C. The Kier molecular flexibility index (Phi) is 3.85. The third kappa shape index (κ3) is 2.74. The quantitative estimate of drug-likeness (QED) is 0.744. The van der Waals surface area contributed by atoms with Crippen molar-refractivity contribution in [3.8, 4) is 20.3 Å². The molecule has 0 aliphatic rings. The average molecular weight is 319 g/mol. The highest BCUT2D eigenvalue weighted by molar-refractivity contribution is 7.24. The van der Waals surface area contributed by atoms with E-state index in [-0.39, 0.29) is 5.97 Å². The monoisotopic (exact) mass is 319 g/mol. The van der Waals surface area contributed by atoms with Crippen LogP contribution in [0.4, 0.5) is 0 Å². The summed E-state index contributed by atoms with van der Waals surface area (Å²) < 4.78 is 5.04. The van der Waals surface area contributed by atoms with E-state index in [1.54, 1.807) is 24.5 Å². The van der Waals surface area contributed by atoms with Gasteiger partial charge in [-0.05, 0) is 26.0 Å². The van der Waals surface area contributed by atoms with Gasteiger partial charge >= 0.3 is 5.97 Å². The molecule has 0 radical (unpaired) electrons. The molecule has 3 rings (SSSR count). The predicted octanol–water partition coefficient (Wildman–Crippen LogP) is 3.75. The lowest BCUT2D eigenvalue weighted by Gasteiger charge is -1.97. The average Bonchev–Trinajstić information content (AvgIpc) is 3.18. The van der Waals surface area contributed by atoms with E-state index in [1.807, 2.05) is 25.3 Å². The van der Waals surface area contributed by atoms with Crippen LogP contribution in [0.15, 0.2) is 24.5 Å². The molecule has 5 nitrogen and oxygen atoms in total. The number of rotatable bonds is 4. The maximum absolute atomic E-state index is 11.8. The van der Waals surface area contributed by atoms with Gasteiger partial charge in [-0.25, -0.2) is 9.78 Å². The third-order valence-electron chi connectivity index (χ3n) is 2.86. The highest BCUT2D eigenvalue weighted by Gasteiger charge is 2.18. The number of hydrogen-bond acceptors (Lipinski definition) is 6. The number of aryl methyl sites for hydroxylation is 1. The number of thiophene rings is 1. The lowest BCUT2D eigenvalue weighted by molar-refractivity contribution is 0.0531. The lowest BCUT2D eigenvalue weighted by atomic mass is 10.3. The van der Waals surface area contributed by atoms with E-state index in [2.05, 4.69) is 15.2 Å². The Morgan fingerprint density at radius 3 is 2.86 bits per heavy atom. The standard InChI is InChI=1S/C14H13N3O2S2/c1-3-19-14(18)12-8(2)17-13(21-12)11-5-4-10(20-11)9-6-15-16-7-9/h4-7H,3H2,1-2H3,(H,15,16).